The summed E-state index contributed by atoms with van der Waals surface area (Å²) in [6.45, 7) is 5.18. The van der Waals surface area contributed by atoms with E-state index in [1.54, 1.807) is 17.7 Å². The molecule has 1 aromatic heterocycles. The highest BCUT2D eigenvalue weighted by Gasteiger charge is 2.41. The van der Waals surface area contributed by atoms with Gasteiger partial charge in [-0.2, -0.15) is 0 Å². The molecule has 2 aliphatic heterocycles. The van der Waals surface area contributed by atoms with Gasteiger partial charge in [0.15, 0.2) is 5.60 Å². The fraction of sp³-hybridized carbons (Fsp3) is 0.423. The van der Waals surface area contributed by atoms with E-state index >= 15 is 0 Å². The minimum Gasteiger partial charge on any atom is -0.497 e. The number of hydrogen-bond donors (Lipinski definition) is 0. The number of nitrogens with zero attached hydrogens (tertiary/aromatic N) is 4. The predicted octanol–water partition coefficient (Wildman–Crippen LogP) is 4.98. The molecule has 1 atom stereocenters. The van der Waals surface area contributed by atoms with Crippen LogP contribution in [0.15, 0.2) is 48.7 Å². The average Bonchev–Trinajstić information content (AvgIpc) is 3.43. The van der Waals surface area contributed by atoms with Crippen LogP contribution in [0.2, 0.25) is 5.02 Å². The molecule has 0 N–H and O–H groups in total. The summed E-state index contributed by atoms with van der Waals surface area (Å²) in [5.74, 6) is 2.39. The number of ether oxygens (including phenoxy) is 4. The number of fused-ring (bicyclic) bond motifs is 1. The second kappa shape index (κ2) is 10.4. The third kappa shape index (κ3) is 5.69. The van der Waals surface area contributed by atoms with Crippen molar-refractivity contribution in [3.63, 3.8) is 0 Å². The van der Waals surface area contributed by atoms with Gasteiger partial charge in [-0.3, -0.25) is 4.57 Å². The smallest absolute Gasteiger partial charge is 0.415 e. The summed E-state index contributed by atoms with van der Waals surface area (Å²) in [4.78, 5) is 16.6. The van der Waals surface area contributed by atoms with Gasteiger partial charge in [-0.05, 0) is 67.0 Å². The molecular formula is C26H29ClN4O6. The molecular weight excluding hydrogens is 500 g/mol. The van der Waals surface area contributed by atoms with Crippen molar-refractivity contribution in [3.8, 4) is 23.3 Å². The Bertz CT molecular complexity index is 1230. The van der Waals surface area contributed by atoms with E-state index in [9.17, 15) is 10.1 Å². The third-order valence-corrected chi connectivity index (χ3v) is 7.03. The second-order valence-corrected chi connectivity index (χ2v) is 10.0. The fourth-order valence-electron chi connectivity index (χ4n) is 4.64. The number of hydrogen-bond acceptors (Lipinski definition) is 8. The molecule has 0 amide bonds. The number of aromatic nitrogens is 2. The normalized spacial score (nSPS) is 19.3. The molecule has 196 valence electrons. The SMILES string of the molecule is COc1ccc(OCC2CCN(c3ccc(OC[C@@]4(C)Cn5cc([N+](=O)[O-])nc5O4)cc3)CC2)c(Cl)c1. The van der Waals surface area contributed by atoms with Crippen LogP contribution < -0.4 is 23.8 Å². The topological polar surface area (TPSA) is 101 Å². The summed E-state index contributed by atoms with van der Waals surface area (Å²) in [5.41, 5.74) is 0.511. The van der Waals surface area contributed by atoms with Crippen LogP contribution in [0.5, 0.6) is 23.3 Å². The second-order valence-electron chi connectivity index (χ2n) is 9.64. The molecule has 0 spiro atoms. The summed E-state index contributed by atoms with van der Waals surface area (Å²) >= 11 is 6.28. The van der Waals surface area contributed by atoms with E-state index in [0.717, 1.165) is 37.4 Å². The van der Waals surface area contributed by atoms with Crippen LogP contribution in [0.25, 0.3) is 0 Å². The van der Waals surface area contributed by atoms with Crippen molar-refractivity contribution < 1.29 is 23.9 Å². The highest BCUT2D eigenvalue weighted by atomic mass is 35.5. The number of imidazole rings is 1. The number of anilines is 1. The number of benzene rings is 2. The number of piperidine rings is 1. The van der Waals surface area contributed by atoms with Crippen LogP contribution in [-0.4, -0.2) is 53.5 Å². The first kappa shape index (κ1) is 25.0. The molecule has 5 rings (SSSR count). The Balaban J connectivity index is 1.07. The van der Waals surface area contributed by atoms with Crippen LogP contribution >= 0.6 is 11.6 Å². The monoisotopic (exact) mass is 528 g/mol. The first-order chi connectivity index (χ1) is 17.8. The molecule has 10 nitrogen and oxygen atoms in total. The number of halogens is 1. The van der Waals surface area contributed by atoms with Gasteiger partial charge in [0.2, 0.25) is 0 Å². The summed E-state index contributed by atoms with van der Waals surface area (Å²) in [7, 11) is 1.61. The Morgan fingerprint density at radius 2 is 1.89 bits per heavy atom. The maximum Gasteiger partial charge on any atom is 0.415 e. The lowest BCUT2D eigenvalue weighted by Crippen LogP contribution is -2.38. The molecule has 2 aliphatic rings. The Morgan fingerprint density at radius 3 is 2.54 bits per heavy atom. The Hall–Kier alpha value is -3.66. The van der Waals surface area contributed by atoms with Crippen molar-refractivity contribution in [2.24, 2.45) is 5.92 Å². The first-order valence-electron chi connectivity index (χ1n) is 12.2. The van der Waals surface area contributed by atoms with Gasteiger partial charge in [0, 0.05) is 29.8 Å². The molecule has 1 saturated heterocycles. The number of methoxy groups -OCH3 is 1. The molecule has 2 aromatic carbocycles. The van der Waals surface area contributed by atoms with Gasteiger partial charge in [0.25, 0.3) is 0 Å². The van der Waals surface area contributed by atoms with E-state index in [1.165, 1.54) is 6.20 Å². The van der Waals surface area contributed by atoms with E-state index in [4.69, 9.17) is 30.5 Å². The van der Waals surface area contributed by atoms with Gasteiger partial charge in [0.05, 0.1) is 25.3 Å². The van der Waals surface area contributed by atoms with E-state index in [0.29, 0.717) is 42.2 Å². The van der Waals surface area contributed by atoms with Gasteiger partial charge < -0.3 is 34.0 Å². The van der Waals surface area contributed by atoms with Gasteiger partial charge >= 0.3 is 11.8 Å². The van der Waals surface area contributed by atoms with Crippen molar-refractivity contribution in [1.82, 2.24) is 9.55 Å². The van der Waals surface area contributed by atoms with E-state index in [1.807, 2.05) is 31.2 Å². The van der Waals surface area contributed by atoms with Crippen molar-refractivity contribution in [2.45, 2.75) is 31.9 Å². The van der Waals surface area contributed by atoms with Crippen molar-refractivity contribution >= 4 is 23.1 Å². The molecule has 0 saturated carbocycles. The Labute approximate surface area is 219 Å². The average molecular weight is 529 g/mol. The Kier molecular flexibility index (Phi) is 7.01. The van der Waals surface area contributed by atoms with Gasteiger partial charge in [-0.1, -0.05) is 11.6 Å². The lowest BCUT2D eigenvalue weighted by molar-refractivity contribution is -0.389. The summed E-state index contributed by atoms with van der Waals surface area (Å²) < 4.78 is 24.6. The molecule has 0 aliphatic carbocycles. The summed E-state index contributed by atoms with van der Waals surface area (Å²) in [6.07, 6.45) is 3.46. The predicted molar refractivity (Wildman–Crippen MR) is 138 cm³/mol. The highest BCUT2D eigenvalue weighted by Crippen LogP contribution is 2.33. The zero-order chi connectivity index (χ0) is 26.0. The molecule has 0 radical (unpaired) electrons. The Morgan fingerprint density at radius 1 is 1.16 bits per heavy atom. The maximum atomic E-state index is 10.9. The molecule has 0 bridgehead atoms. The van der Waals surface area contributed by atoms with E-state index in [2.05, 4.69) is 22.0 Å². The molecule has 3 aromatic rings. The zero-order valence-electron chi connectivity index (χ0n) is 20.8. The summed E-state index contributed by atoms with van der Waals surface area (Å²) in [5, 5.41) is 11.4. The van der Waals surface area contributed by atoms with E-state index < -0.39 is 10.5 Å². The molecule has 3 heterocycles. The minimum absolute atomic E-state index is 0.216. The molecule has 37 heavy (non-hydrogen) atoms. The van der Waals surface area contributed by atoms with Crippen LogP contribution in [0.4, 0.5) is 11.5 Å². The third-order valence-electron chi connectivity index (χ3n) is 6.73. The molecule has 1 fully saturated rings. The van der Waals surface area contributed by atoms with Crippen molar-refractivity contribution in [1.29, 1.82) is 0 Å². The van der Waals surface area contributed by atoms with Gasteiger partial charge in [0.1, 0.15) is 30.1 Å². The van der Waals surface area contributed by atoms with Gasteiger partial charge in [-0.15, -0.1) is 0 Å². The van der Waals surface area contributed by atoms with Crippen LogP contribution in [0.1, 0.15) is 19.8 Å². The van der Waals surface area contributed by atoms with Crippen molar-refractivity contribution in [2.75, 3.05) is 38.3 Å². The van der Waals surface area contributed by atoms with Crippen LogP contribution in [-0.2, 0) is 6.54 Å². The molecule has 0 unspecified atom stereocenters. The van der Waals surface area contributed by atoms with Crippen molar-refractivity contribution in [3.05, 3.63) is 63.8 Å². The van der Waals surface area contributed by atoms with Crippen LogP contribution in [0, 0.1) is 16.0 Å². The van der Waals surface area contributed by atoms with Gasteiger partial charge in [-0.25, -0.2) is 0 Å². The minimum atomic E-state index is -0.643. The maximum absolute atomic E-state index is 10.9. The fourth-order valence-corrected chi connectivity index (χ4v) is 4.86. The highest BCUT2D eigenvalue weighted by molar-refractivity contribution is 6.32. The largest absolute Gasteiger partial charge is 0.497 e. The number of nitro groups is 1. The lowest BCUT2D eigenvalue weighted by Gasteiger charge is -2.33. The van der Waals surface area contributed by atoms with Crippen LogP contribution in [0.3, 0.4) is 0 Å². The molecule has 11 heteroatoms. The lowest BCUT2D eigenvalue weighted by atomic mass is 9.97. The summed E-state index contributed by atoms with van der Waals surface area (Å²) in [6, 6.07) is 13.7. The number of rotatable bonds is 9. The quantitative estimate of drug-likeness (QED) is 0.283. The first-order valence-corrected chi connectivity index (χ1v) is 12.5. The standard InChI is InChI=1S/C26H29ClN4O6/c1-26(16-30-14-24(31(32)33)28-25(30)37-26)17-36-20-5-3-19(4-6-20)29-11-9-18(10-12-29)15-35-23-8-7-21(34-2)13-22(23)27/h3-8,13-14,18H,9-12,15-17H2,1-2H3/t26-/m1/s1. The zero-order valence-corrected chi connectivity index (χ0v) is 21.5. The van der Waals surface area contributed by atoms with E-state index in [-0.39, 0.29) is 11.8 Å².